The van der Waals surface area contributed by atoms with E-state index in [-0.39, 0.29) is 22.4 Å². The molecule has 7 aromatic rings. The van der Waals surface area contributed by atoms with Crippen molar-refractivity contribution in [2.45, 2.75) is 104 Å². The molecule has 0 bridgehead atoms. The normalized spacial score (nSPS) is 19.0. The van der Waals surface area contributed by atoms with E-state index in [1.54, 1.807) is 12.1 Å². The number of anilines is 3. The third kappa shape index (κ3) is 5.33. The standard InChI is InChI=1S/C57H56N3O/c1-34-20-23-36(24-21-34)38-26-27-58-49(29-38)44-31-39(54(3,4)5)30-43-41-18-15-19-48-51(41)60-53(59(48)47-25-22-35(2)28-42(47)37-16-13-12-14-17-37)45-32-40(55(6,7)8)33-46(56(9,10)11)52(45)61-57(58,60)50(43)44/h12-33,53H,1-11H3/q+1/i1D3. The Kier molecular flexibility index (Phi) is 7.07. The number of fused-ring (bicyclic) bond motifs is 5. The quantitative estimate of drug-likeness (QED) is 0.166. The van der Waals surface area contributed by atoms with Crippen LogP contribution in [0.4, 0.5) is 17.1 Å². The van der Waals surface area contributed by atoms with E-state index < -0.39 is 12.7 Å². The summed E-state index contributed by atoms with van der Waals surface area (Å²) in [4.78, 5) is 5.22. The van der Waals surface area contributed by atoms with Gasteiger partial charge in [-0.3, -0.25) is 0 Å². The van der Waals surface area contributed by atoms with Crippen molar-refractivity contribution in [1.29, 1.82) is 0 Å². The lowest BCUT2D eigenvalue weighted by molar-refractivity contribution is -0.774. The van der Waals surface area contributed by atoms with Crippen molar-refractivity contribution in [2.24, 2.45) is 0 Å². The third-order valence-corrected chi connectivity index (χ3v) is 13.5. The molecule has 4 nitrogen and oxygen atoms in total. The zero-order chi connectivity index (χ0) is 45.0. The summed E-state index contributed by atoms with van der Waals surface area (Å²) < 4.78 is 34.6. The number of aromatic nitrogens is 1. The van der Waals surface area contributed by atoms with Gasteiger partial charge < -0.3 is 9.64 Å². The number of nitrogens with zero attached hydrogens (tertiary/aromatic N) is 3. The number of benzene rings is 6. The summed E-state index contributed by atoms with van der Waals surface area (Å²) in [5.74, 6) is -0.172. The molecule has 4 heteroatoms. The van der Waals surface area contributed by atoms with Crippen LogP contribution >= 0.6 is 0 Å². The van der Waals surface area contributed by atoms with Gasteiger partial charge in [0.15, 0.2) is 6.20 Å². The maximum absolute atomic E-state index is 8.11. The van der Waals surface area contributed by atoms with Crippen LogP contribution in [0.25, 0.3) is 44.6 Å². The molecule has 11 rings (SSSR count). The second-order valence-electron chi connectivity index (χ2n) is 20.8. The first kappa shape index (κ1) is 34.6. The lowest BCUT2D eigenvalue weighted by Gasteiger charge is -2.49. The van der Waals surface area contributed by atoms with Gasteiger partial charge >= 0.3 is 5.85 Å². The fourth-order valence-corrected chi connectivity index (χ4v) is 10.4. The van der Waals surface area contributed by atoms with Crippen LogP contribution in [0.3, 0.4) is 0 Å². The number of rotatable bonds is 3. The van der Waals surface area contributed by atoms with Crippen LogP contribution < -0.4 is 19.1 Å². The van der Waals surface area contributed by atoms with E-state index in [1.807, 2.05) is 12.1 Å². The second-order valence-corrected chi connectivity index (χ2v) is 20.8. The molecule has 5 heterocycles. The van der Waals surface area contributed by atoms with Gasteiger partial charge in [-0.2, -0.15) is 0 Å². The van der Waals surface area contributed by atoms with E-state index in [9.17, 15) is 0 Å². The Morgan fingerprint density at radius 2 is 1.30 bits per heavy atom. The largest absolute Gasteiger partial charge is 0.432 e. The van der Waals surface area contributed by atoms with Gasteiger partial charge in [-0.1, -0.05) is 152 Å². The van der Waals surface area contributed by atoms with Crippen LogP contribution in [0.5, 0.6) is 5.75 Å². The molecule has 2 atom stereocenters. The smallest absolute Gasteiger partial charge is 0.410 e. The van der Waals surface area contributed by atoms with Gasteiger partial charge in [0.2, 0.25) is 5.69 Å². The molecule has 304 valence electrons. The summed E-state index contributed by atoms with van der Waals surface area (Å²) in [5, 5.41) is 0. The first-order valence-corrected chi connectivity index (χ1v) is 21.8. The highest BCUT2D eigenvalue weighted by Crippen LogP contribution is 2.68. The molecule has 61 heavy (non-hydrogen) atoms. The van der Waals surface area contributed by atoms with Gasteiger partial charge in [0.05, 0.1) is 22.6 Å². The second kappa shape index (κ2) is 12.5. The number of pyridine rings is 1. The summed E-state index contributed by atoms with van der Waals surface area (Å²) >= 11 is 0. The zero-order valence-corrected chi connectivity index (χ0v) is 37.0. The van der Waals surface area contributed by atoms with Gasteiger partial charge in [0, 0.05) is 44.1 Å². The van der Waals surface area contributed by atoms with Crippen LogP contribution in [-0.2, 0) is 22.1 Å². The predicted octanol–water partition coefficient (Wildman–Crippen LogP) is 14.2. The monoisotopic (exact) mass is 801 g/mol. The van der Waals surface area contributed by atoms with E-state index in [0.29, 0.717) is 5.56 Å². The van der Waals surface area contributed by atoms with Crippen LogP contribution in [0, 0.1) is 13.8 Å². The van der Waals surface area contributed by atoms with E-state index >= 15 is 0 Å². The van der Waals surface area contributed by atoms with E-state index in [0.717, 1.165) is 56.3 Å². The molecular weight excluding hydrogens is 743 g/mol. The van der Waals surface area contributed by atoms with Gasteiger partial charge in [-0.15, -0.1) is 4.57 Å². The van der Waals surface area contributed by atoms with Crippen molar-refractivity contribution in [2.75, 3.05) is 9.80 Å². The highest BCUT2D eigenvalue weighted by atomic mass is 16.5. The molecule has 4 aliphatic rings. The fraction of sp³-hybridized carbons (Fsp3) is 0.281. The van der Waals surface area contributed by atoms with Crippen molar-refractivity contribution in [1.82, 2.24) is 0 Å². The van der Waals surface area contributed by atoms with Gasteiger partial charge in [-0.25, -0.2) is 4.90 Å². The number of hydrogen-bond acceptors (Lipinski definition) is 3. The molecule has 2 unspecified atom stereocenters. The summed E-state index contributed by atoms with van der Waals surface area (Å²) in [7, 11) is 0. The Bertz CT molecular complexity index is 3090. The SMILES string of the molecule is [2H]C([2H])([2H])c1ccc(-c2cc[n+]3c(c2)-c2cc(C(C)(C)C)cc4c2C32Oc3c(cc(C(C)(C)C)cc3C(C)(C)C)C3N(c5ccc(C)cc5-c5ccccc5)c5cccc-4c5N32)cc1. The lowest BCUT2D eigenvalue weighted by Crippen LogP contribution is -2.71. The molecule has 0 aliphatic carbocycles. The Hall–Kier alpha value is -6.13. The van der Waals surface area contributed by atoms with E-state index in [4.69, 9.17) is 8.85 Å². The summed E-state index contributed by atoms with van der Waals surface area (Å²) in [6.45, 7) is 20.8. The Balaban J connectivity index is 1.28. The Morgan fingerprint density at radius 1 is 0.590 bits per heavy atom. The summed E-state index contributed by atoms with van der Waals surface area (Å²) in [6, 6.07) is 46.1. The Morgan fingerprint density at radius 3 is 2.00 bits per heavy atom. The highest BCUT2D eigenvalue weighted by Gasteiger charge is 2.70. The molecule has 0 N–H and O–H groups in total. The minimum absolute atomic E-state index is 0.123. The van der Waals surface area contributed by atoms with Crippen molar-refractivity contribution in [3.63, 3.8) is 0 Å². The third-order valence-electron chi connectivity index (χ3n) is 13.5. The van der Waals surface area contributed by atoms with Crippen LogP contribution in [-0.4, -0.2) is 0 Å². The molecular formula is C57H56N3O+. The fourth-order valence-electron chi connectivity index (χ4n) is 10.4. The average Bonchev–Trinajstić information content (AvgIpc) is 3.73. The number of para-hydroxylation sites is 1. The first-order valence-electron chi connectivity index (χ1n) is 23.3. The Labute approximate surface area is 366 Å². The predicted molar refractivity (Wildman–Crippen MR) is 252 cm³/mol. The molecule has 4 aliphatic heterocycles. The van der Waals surface area contributed by atoms with E-state index in [2.05, 4.69) is 193 Å². The minimum atomic E-state index is -2.17. The molecule has 1 spiro atoms. The van der Waals surface area contributed by atoms with Crippen molar-refractivity contribution in [3.8, 4) is 50.4 Å². The molecule has 0 saturated carbocycles. The summed E-state index contributed by atoms with van der Waals surface area (Å²) in [5.41, 5.74) is 19.4. The van der Waals surface area contributed by atoms with Gasteiger partial charge in [0.1, 0.15) is 17.5 Å². The maximum atomic E-state index is 8.11. The molecule has 0 fully saturated rings. The van der Waals surface area contributed by atoms with Crippen LogP contribution in [0.1, 0.15) is 112 Å². The highest BCUT2D eigenvalue weighted by molar-refractivity contribution is 6.03. The summed E-state index contributed by atoms with van der Waals surface area (Å²) in [6.07, 6.45) is 1.92. The zero-order valence-electron chi connectivity index (χ0n) is 40.0. The number of ether oxygens (including phenoxy) is 1. The van der Waals surface area contributed by atoms with Crippen molar-refractivity contribution in [3.05, 3.63) is 173 Å². The van der Waals surface area contributed by atoms with Crippen molar-refractivity contribution < 1.29 is 13.4 Å². The lowest BCUT2D eigenvalue weighted by atomic mass is 9.77. The molecule has 0 radical (unpaired) electrons. The van der Waals surface area contributed by atoms with Gasteiger partial charge in [0.25, 0.3) is 0 Å². The molecule has 0 amide bonds. The van der Waals surface area contributed by atoms with Gasteiger partial charge in [-0.05, 0) is 94.2 Å². The number of aryl methyl sites for hydroxylation is 2. The average molecular weight is 802 g/mol. The van der Waals surface area contributed by atoms with Crippen LogP contribution in [0.15, 0.2) is 134 Å². The van der Waals surface area contributed by atoms with Crippen LogP contribution in [0.2, 0.25) is 0 Å². The molecule has 6 aromatic carbocycles. The first-order chi connectivity index (χ1) is 30.2. The minimum Gasteiger partial charge on any atom is -0.410 e. The molecule has 0 saturated heterocycles. The molecule has 1 aromatic heterocycles. The van der Waals surface area contributed by atoms with E-state index in [1.165, 1.54) is 44.5 Å². The number of hydrogen-bond donors (Lipinski definition) is 0. The van der Waals surface area contributed by atoms with Crippen molar-refractivity contribution >= 4 is 17.1 Å². The topological polar surface area (TPSA) is 19.6 Å². The maximum Gasteiger partial charge on any atom is 0.432 e.